The molecule has 1 aromatic heterocycles. The highest BCUT2D eigenvalue weighted by Crippen LogP contribution is 2.22. The summed E-state index contributed by atoms with van der Waals surface area (Å²) in [5.74, 6) is 0. The molecule has 0 fully saturated rings. The molecule has 120 valence electrons. The van der Waals surface area contributed by atoms with E-state index in [1.165, 1.54) is 0 Å². The molecule has 0 saturated heterocycles. The summed E-state index contributed by atoms with van der Waals surface area (Å²) in [4.78, 5) is 5.96. The zero-order chi connectivity index (χ0) is 15.9. The van der Waals surface area contributed by atoms with E-state index in [-0.39, 0.29) is 12.6 Å². The van der Waals surface area contributed by atoms with Gasteiger partial charge < -0.3 is 10.2 Å². The van der Waals surface area contributed by atoms with Crippen molar-refractivity contribution in [2.45, 2.75) is 45.3 Å². The van der Waals surface area contributed by atoms with E-state index in [1.54, 1.807) is 18.1 Å². The van der Waals surface area contributed by atoms with Gasteiger partial charge in [0.05, 0.1) is 24.0 Å². The number of aromatic nitrogens is 1. The van der Waals surface area contributed by atoms with Gasteiger partial charge in [0.1, 0.15) is 0 Å². The molecular weight excluding hydrogens is 279 g/mol. The first kappa shape index (κ1) is 17.8. The van der Waals surface area contributed by atoms with Crippen LogP contribution in [0.2, 0.25) is 0 Å². The SMILES string of the molecule is CCCNC(CC)c1ccc(N(C)CCC(F)(F)F)cn1. The zero-order valence-electron chi connectivity index (χ0n) is 12.9. The van der Waals surface area contributed by atoms with Gasteiger partial charge in [-0.25, -0.2) is 0 Å². The number of hydrogen-bond acceptors (Lipinski definition) is 3. The van der Waals surface area contributed by atoms with Crippen molar-refractivity contribution in [3.63, 3.8) is 0 Å². The van der Waals surface area contributed by atoms with Gasteiger partial charge in [-0.2, -0.15) is 13.2 Å². The molecule has 0 aliphatic carbocycles. The van der Waals surface area contributed by atoms with Crippen molar-refractivity contribution < 1.29 is 13.2 Å². The van der Waals surface area contributed by atoms with Crippen molar-refractivity contribution in [2.24, 2.45) is 0 Å². The zero-order valence-corrected chi connectivity index (χ0v) is 12.9. The van der Waals surface area contributed by atoms with Crippen LogP contribution in [0.4, 0.5) is 18.9 Å². The van der Waals surface area contributed by atoms with Crippen molar-refractivity contribution >= 4 is 5.69 Å². The summed E-state index contributed by atoms with van der Waals surface area (Å²) < 4.78 is 36.6. The van der Waals surface area contributed by atoms with Crippen LogP contribution in [-0.2, 0) is 0 Å². The van der Waals surface area contributed by atoms with Gasteiger partial charge in [0, 0.05) is 19.6 Å². The summed E-state index contributed by atoms with van der Waals surface area (Å²) in [6, 6.07) is 3.91. The molecule has 0 saturated carbocycles. The minimum Gasteiger partial charge on any atom is -0.373 e. The second-order valence-electron chi connectivity index (χ2n) is 5.14. The highest BCUT2D eigenvalue weighted by Gasteiger charge is 2.27. The van der Waals surface area contributed by atoms with E-state index in [4.69, 9.17) is 0 Å². The molecule has 21 heavy (non-hydrogen) atoms. The Morgan fingerprint density at radius 2 is 2.00 bits per heavy atom. The monoisotopic (exact) mass is 303 g/mol. The molecule has 1 atom stereocenters. The van der Waals surface area contributed by atoms with E-state index in [1.807, 2.05) is 12.1 Å². The predicted octanol–water partition coefficient (Wildman–Crippen LogP) is 3.92. The molecule has 1 rings (SSSR count). The van der Waals surface area contributed by atoms with Crippen LogP contribution in [0, 0.1) is 0 Å². The number of rotatable bonds is 8. The quantitative estimate of drug-likeness (QED) is 0.789. The number of anilines is 1. The number of pyridine rings is 1. The van der Waals surface area contributed by atoms with E-state index >= 15 is 0 Å². The Balaban J connectivity index is 2.63. The largest absolute Gasteiger partial charge is 0.390 e. The van der Waals surface area contributed by atoms with Crippen LogP contribution >= 0.6 is 0 Å². The fourth-order valence-corrected chi connectivity index (χ4v) is 2.03. The smallest absolute Gasteiger partial charge is 0.373 e. The third-order valence-electron chi connectivity index (χ3n) is 3.35. The van der Waals surface area contributed by atoms with Crippen LogP contribution in [0.3, 0.4) is 0 Å². The fraction of sp³-hybridized carbons (Fsp3) is 0.667. The van der Waals surface area contributed by atoms with Gasteiger partial charge in [0.2, 0.25) is 0 Å². The minimum atomic E-state index is -4.13. The molecule has 1 N–H and O–H groups in total. The second-order valence-corrected chi connectivity index (χ2v) is 5.14. The number of nitrogens with one attached hydrogen (secondary N) is 1. The first-order chi connectivity index (χ1) is 9.87. The van der Waals surface area contributed by atoms with E-state index in [0.29, 0.717) is 5.69 Å². The van der Waals surface area contributed by atoms with E-state index < -0.39 is 12.6 Å². The maximum atomic E-state index is 12.2. The van der Waals surface area contributed by atoms with Crippen molar-refractivity contribution in [2.75, 3.05) is 25.0 Å². The average Bonchev–Trinajstić information content (AvgIpc) is 2.45. The van der Waals surface area contributed by atoms with Gasteiger partial charge in [0.15, 0.2) is 0 Å². The summed E-state index contributed by atoms with van der Waals surface area (Å²) in [6.07, 6.45) is -1.33. The molecule has 1 unspecified atom stereocenters. The number of hydrogen-bond donors (Lipinski definition) is 1. The number of nitrogens with zero attached hydrogens (tertiary/aromatic N) is 2. The van der Waals surface area contributed by atoms with Crippen molar-refractivity contribution in [1.82, 2.24) is 10.3 Å². The molecule has 1 heterocycles. The summed E-state index contributed by atoms with van der Waals surface area (Å²) in [5, 5.41) is 3.40. The van der Waals surface area contributed by atoms with E-state index in [2.05, 4.69) is 24.1 Å². The molecule has 0 aliphatic heterocycles. The first-order valence-corrected chi connectivity index (χ1v) is 7.34. The lowest BCUT2D eigenvalue weighted by atomic mass is 10.1. The first-order valence-electron chi connectivity index (χ1n) is 7.34. The summed E-state index contributed by atoms with van der Waals surface area (Å²) in [5.41, 5.74) is 1.63. The summed E-state index contributed by atoms with van der Waals surface area (Å²) in [6.45, 7) is 5.05. The molecule has 0 spiro atoms. The number of halogens is 3. The van der Waals surface area contributed by atoms with Crippen LogP contribution < -0.4 is 10.2 Å². The fourth-order valence-electron chi connectivity index (χ4n) is 2.03. The predicted molar refractivity (Wildman–Crippen MR) is 79.5 cm³/mol. The molecule has 3 nitrogen and oxygen atoms in total. The Morgan fingerprint density at radius 3 is 2.48 bits per heavy atom. The lowest BCUT2D eigenvalue weighted by Gasteiger charge is -2.21. The van der Waals surface area contributed by atoms with Crippen molar-refractivity contribution in [1.29, 1.82) is 0 Å². The highest BCUT2D eigenvalue weighted by molar-refractivity contribution is 5.43. The van der Waals surface area contributed by atoms with Gasteiger partial charge >= 0.3 is 6.18 Å². The van der Waals surface area contributed by atoms with E-state index in [0.717, 1.165) is 25.1 Å². The molecule has 1 aromatic rings. The van der Waals surface area contributed by atoms with Gasteiger partial charge in [-0.1, -0.05) is 13.8 Å². The van der Waals surface area contributed by atoms with Crippen LogP contribution in [0.15, 0.2) is 18.3 Å². The molecule has 0 amide bonds. The topological polar surface area (TPSA) is 28.2 Å². The highest BCUT2D eigenvalue weighted by atomic mass is 19.4. The Labute approximate surface area is 124 Å². The van der Waals surface area contributed by atoms with Gasteiger partial charge in [-0.05, 0) is 31.5 Å². The number of alkyl halides is 3. The van der Waals surface area contributed by atoms with Gasteiger partial charge in [-0.15, -0.1) is 0 Å². The second kappa shape index (κ2) is 8.22. The normalized spacial score (nSPS) is 13.2. The molecular formula is C15H24F3N3. The Hall–Kier alpha value is -1.30. The van der Waals surface area contributed by atoms with Gasteiger partial charge in [-0.3, -0.25) is 4.98 Å². The third kappa shape index (κ3) is 6.33. The van der Waals surface area contributed by atoms with Crippen LogP contribution in [0.5, 0.6) is 0 Å². The maximum Gasteiger partial charge on any atom is 0.390 e. The van der Waals surface area contributed by atoms with Gasteiger partial charge in [0.25, 0.3) is 0 Å². The lowest BCUT2D eigenvalue weighted by Crippen LogP contribution is -2.25. The average molecular weight is 303 g/mol. The molecule has 0 aliphatic rings. The van der Waals surface area contributed by atoms with Crippen LogP contribution in [-0.4, -0.2) is 31.3 Å². The molecule has 0 bridgehead atoms. The minimum absolute atomic E-state index is 0.0597. The van der Waals surface area contributed by atoms with Crippen LogP contribution in [0.25, 0.3) is 0 Å². The molecule has 0 radical (unpaired) electrons. The molecule has 6 heteroatoms. The summed E-state index contributed by atoms with van der Waals surface area (Å²) >= 11 is 0. The van der Waals surface area contributed by atoms with Crippen LogP contribution in [0.1, 0.15) is 44.8 Å². The Kier molecular flexibility index (Phi) is 6.95. The van der Waals surface area contributed by atoms with E-state index in [9.17, 15) is 13.2 Å². The standard InChI is InChI=1S/C15H24F3N3/c1-4-9-19-13(5-2)14-7-6-12(11-20-14)21(3)10-8-15(16,17)18/h6-7,11,13,19H,4-5,8-10H2,1-3H3. The Morgan fingerprint density at radius 1 is 1.29 bits per heavy atom. The lowest BCUT2D eigenvalue weighted by molar-refractivity contribution is -0.132. The summed E-state index contributed by atoms with van der Waals surface area (Å²) in [7, 11) is 1.65. The third-order valence-corrected chi connectivity index (χ3v) is 3.35. The maximum absolute atomic E-state index is 12.2. The van der Waals surface area contributed by atoms with Crippen molar-refractivity contribution in [3.8, 4) is 0 Å². The molecule has 0 aromatic carbocycles. The van der Waals surface area contributed by atoms with Crippen molar-refractivity contribution in [3.05, 3.63) is 24.0 Å². The Bertz CT molecular complexity index is 404.